The highest BCUT2D eigenvalue weighted by Gasteiger charge is 2.24. The van der Waals surface area contributed by atoms with Crippen LogP contribution in [-0.4, -0.2) is 17.9 Å². The van der Waals surface area contributed by atoms with E-state index in [9.17, 15) is 9.59 Å². The Morgan fingerprint density at radius 1 is 1.18 bits per heavy atom. The van der Waals surface area contributed by atoms with Crippen LogP contribution in [0.25, 0.3) is 0 Å². The number of rotatable bonds is 3. The SMILES string of the molecule is CCC1CCC(NC(=O)C(=O)Nc2ccc(C)cc2Br)CC1. The summed E-state index contributed by atoms with van der Waals surface area (Å²) >= 11 is 3.39. The monoisotopic (exact) mass is 366 g/mol. The van der Waals surface area contributed by atoms with E-state index in [1.807, 2.05) is 19.1 Å². The second-order valence-corrected chi connectivity index (χ2v) is 6.89. The van der Waals surface area contributed by atoms with Gasteiger partial charge in [0.15, 0.2) is 0 Å². The summed E-state index contributed by atoms with van der Waals surface area (Å²) < 4.78 is 0.775. The van der Waals surface area contributed by atoms with Crippen LogP contribution in [0.4, 0.5) is 5.69 Å². The van der Waals surface area contributed by atoms with Crippen LogP contribution in [0, 0.1) is 12.8 Å². The molecule has 0 radical (unpaired) electrons. The van der Waals surface area contributed by atoms with Crippen LogP contribution in [0.15, 0.2) is 22.7 Å². The van der Waals surface area contributed by atoms with Gasteiger partial charge in [-0.1, -0.05) is 19.4 Å². The molecular weight excluding hydrogens is 344 g/mol. The molecule has 1 aromatic carbocycles. The second kappa shape index (κ2) is 7.77. The van der Waals surface area contributed by atoms with Crippen molar-refractivity contribution in [2.45, 2.75) is 52.0 Å². The highest BCUT2D eigenvalue weighted by molar-refractivity contribution is 9.10. The summed E-state index contributed by atoms with van der Waals surface area (Å²) in [5.41, 5.74) is 1.70. The summed E-state index contributed by atoms with van der Waals surface area (Å²) in [6.45, 7) is 4.17. The molecule has 0 heterocycles. The number of hydrogen-bond donors (Lipinski definition) is 2. The molecule has 0 aliphatic heterocycles. The lowest BCUT2D eigenvalue weighted by molar-refractivity contribution is -0.136. The number of amides is 2. The van der Waals surface area contributed by atoms with E-state index in [1.165, 1.54) is 6.42 Å². The van der Waals surface area contributed by atoms with Crippen molar-refractivity contribution in [3.05, 3.63) is 28.2 Å². The van der Waals surface area contributed by atoms with Crippen LogP contribution < -0.4 is 10.6 Å². The molecule has 0 aromatic heterocycles. The first-order chi connectivity index (χ1) is 10.5. The summed E-state index contributed by atoms with van der Waals surface area (Å²) in [6, 6.07) is 5.71. The fourth-order valence-corrected chi connectivity index (χ4v) is 3.46. The molecule has 2 N–H and O–H groups in total. The number of carbonyl (C=O) groups is 2. The van der Waals surface area contributed by atoms with E-state index in [2.05, 4.69) is 33.5 Å². The fourth-order valence-electron chi connectivity index (χ4n) is 2.87. The number of aryl methyl sites for hydroxylation is 1. The van der Waals surface area contributed by atoms with E-state index in [4.69, 9.17) is 0 Å². The van der Waals surface area contributed by atoms with Crippen LogP contribution in [0.3, 0.4) is 0 Å². The molecule has 0 spiro atoms. The Morgan fingerprint density at radius 3 is 2.45 bits per heavy atom. The van der Waals surface area contributed by atoms with E-state index >= 15 is 0 Å². The van der Waals surface area contributed by atoms with Gasteiger partial charge in [-0.25, -0.2) is 0 Å². The maximum atomic E-state index is 12.0. The van der Waals surface area contributed by atoms with Gasteiger partial charge in [-0.3, -0.25) is 9.59 Å². The molecule has 2 amide bonds. The first kappa shape index (κ1) is 17.0. The molecule has 1 aliphatic carbocycles. The first-order valence-electron chi connectivity index (χ1n) is 7.87. The molecule has 22 heavy (non-hydrogen) atoms. The topological polar surface area (TPSA) is 58.2 Å². The van der Waals surface area contributed by atoms with Crippen LogP contribution in [0.1, 0.15) is 44.6 Å². The quantitative estimate of drug-likeness (QED) is 0.799. The van der Waals surface area contributed by atoms with Gasteiger partial charge < -0.3 is 10.6 Å². The van der Waals surface area contributed by atoms with E-state index in [-0.39, 0.29) is 6.04 Å². The van der Waals surface area contributed by atoms with Gasteiger partial charge in [0, 0.05) is 10.5 Å². The lowest BCUT2D eigenvalue weighted by Crippen LogP contribution is -2.43. The van der Waals surface area contributed by atoms with Crippen molar-refractivity contribution in [2.24, 2.45) is 5.92 Å². The minimum Gasteiger partial charge on any atom is -0.345 e. The minimum absolute atomic E-state index is 0.127. The fraction of sp³-hybridized carbons (Fsp3) is 0.529. The van der Waals surface area contributed by atoms with Crippen molar-refractivity contribution in [2.75, 3.05) is 5.32 Å². The number of nitrogens with one attached hydrogen (secondary N) is 2. The number of carbonyl (C=O) groups excluding carboxylic acids is 2. The van der Waals surface area contributed by atoms with Crippen molar-refractivity contribution >= 4 is 33.4 Å². The third-order valence-electron chi connectivity index (χ3n) is 4.34. The Balaban J connectivity index is 1.86. The van der Waals surface area contributed by atoms with Gasteiger partial charge >= 0.3 is 11.8 Å². The molecule has 120 valence electrons. The molecule has 0 saturated heterocycles. The average Bonchev–Trinajstić information content (AvgIpc) is 2.50. The van der Waals surface area contributed by atoms with Gasteiger partial charge in [0.1, 0.15) is 0 Å². The van der Waals surface area contributed by atoms with E-state index in [0.29, 0.717) is 5.69 Å². The van der Waals surface area contributed by atoms with E-state index < -0.39 is 11.8 Å². The van der Waals surface area contributed by atoms with Gasteiger partial charge in [-0.2, -0.15) is 0 Å². The van der Waals surface area contributed by atoms with Crippen LogP contribution in [0.5, 0.6) is 0 Å². The van der Waals surface area contributed by atoms with Crippen molar-refractivity contribution in [1.29, 1.82) is 0 Å². The lowest BCUT2D eigenvalue weighted by Gasteiger charge is -2.28. The molecule has 5 heteroatoms. The highest BCUT2D eigenvalue weighted by Crippen LogP contribution is 2.26. The average molecular weight is 367 g/mol. The van der Waals surface area contributed by atoms with Crippen LogP contribution in [0.2, 0.25) is 0 Å². The number of anilines is 1. The highest BCUT2D eigenvalue weighted by atomic mass is 79.9. The predicted molar refractivity (Wildman–Crippen MR) is 91.7 cm³/mol. The van der Waals surface area contributed by atoms with Gasteiger partial charge in [-0.15, -0.1) is 0 Å². The molecule has 1 saturated carbocycles. The molecule has 0 unspecified atom stereocenters. The summed E-state index contributed by atoms with van der Waals surface area (Å²) in [5, 5.41) is 5.50. The standard InChI is InChI=1S/C17H23BrN2O2/c1-3-12-5-7-13(8-6-12)19-16(21)17(22)20-15-9-4-11(2)10-14(15)18/h4,9-10,12-13H,3,5-8H2,1-2H3,(H,19,21)(H,20,22). The Hall–Kier alpha value is -1.36. The Kier molecular flexibility index (Phi) is 6.00. The summed E-state index contributed by atoms with van der Waals surface area (Å²) in [5.74, 6) is -0.389. The van der Waals surface area contributed by atoms with Gasteiger partial charge in [0.25, 0.3) is 0 Å². The number of halogens is 1. The van der Waals surface area contributed by atoms with Gasteiger partial charge in [0.05, 0.1) is 5.69 Å². The zero-order valence-corrected chi connectivity index (χ0v) is 14.7. The van der Waals surface area contributed by atoms with Crippen molar-refractivity contribution in [3.8, 4) is 0 Å². The summed E-state index contributed by atoms with van der Waals surface area (Å²) in [4.78, 5) is 24.0. The largest absolute Gasteiger partial charge is 0.345 e. The zero-order chi connectivity index (χ0) is 16.1. The van der Waals surface area contributed by atoms with Crippen molar-refractivity contribution < 1.29 is 9.59 Å². The maximum Gasteiger partial charge on any atom is 0.313 e. The molecule has 1 aliphatic rings. The number of hydrogen-bond acceptors (Lipinski definition) is 2. The molecule has 1 fully saturated rings. The first-order valence-corrected chi connectivity index (χ1v) is 8.67. The van der Waals surface area contributed by atoms with E-state index in [0.717, 1.165) is 41.6 Å². The molecular formula is C17H23BrN2O2. The van der Waals surface area contributed by atoms with Gasteiger partial charge in [-0.05, 0) is 72.2 Å². The third-order valence-corrected chi connectivity index (χ3v) is 4.99. The Morgan fingerprint density at radius 2 is 1.86 bits per heavy atom. The molecule has 1 aromatic rings. The Labute approximate surface area is 140 Å². The smallest absolute Gasteiger partial charge is 0.313 e. The van der Waals surface area contributed by atoms with Crippen LogP contribution in [-0.2, 0) is 9.59 Å². The zero-order valence-electron chi connectivity index (χ0n) is 13.1. The van der Waals surface area contributed by atoms with E-state index in [1.54, 1.807) is 6.07 Å². The molecule has 0 bridgehead atoms. The Bertz CT molecular complexity index is 552. The summed E-state index contributed by atoms with van der Waals surface area (Å²) in [7, 11) is 0. The third kappa shape index (κ3) is 4.57. The summed E-state index contributed by atoms with van der Waals surface area (Å²) in [6.07, 6.45) is 5.39. The lowest BCUT2D eigenvalue weighted by atomic mass is 9.84. The van der Waals surface area contributed by atoms with Crippen molar-refractivity contribution in [3.63, 3.8) is 0 Å². The number of benzene rings is 1. The van der Waals surface area contributed by atoms with Crippen LogP contribution >= 0.6 is 15.9 Å². The second-order valence-electron chi connectivity index (χ2n) is 6.04. The molecule has 4 nitrogen and oxygen atoms in total. The van der Waals surface area contributed by atoms with Crippen molar-refractivity contribution in [1.82, 2.24) is 5.32 Å². The van der Waals surface area contributed by atoms with Gasteiger partial charge in [0.2, 0.25) is 0 Å². The minimum atomic E-state index is -0.609. The predicted octanol–water partition coefficient (Wildman–Crippen LogP) is 3.78. The molecule has 0 atom stereocenters. The maximum absolute atomic E-state index is 12.0. The normalized spacial score (nSPS) is 21.2. The molecule has 2 rings (SSSR count).